The summed E-state index contributed by atoms with van der Waals surface area (Å²) < 4.78 is 4.93. The number of nitrogens with two attached hydrogens (primary N) is 1. The van der Waals surface area contributed by atoms with Crippen molar-refractivity contribution in [3.8, 4) is 11.5 Å². The summed E-state index contributed by atoms with van der Waals surface area (Å²) in [4.78, 5) is 11.7. The molecule has 0 saturated carbocycles. The van der Waals surface area contributed by atoms with E-state index >= 15 is 0 Å². The fourth-order valence-corrected chi connectivity index (χ4v) is 1.77. The van der Waals surface area contributed by atoms with Gasteiger partial charge in [-0.1, -0.05) is 12.8 Å². The number of aromatic hydroxyl groups is 1. The van der Waals surface area contributed by atoms with Gasteiger partial charge in [0.15, 0.2) is 11.5 Å². The van der Waals surface area contributed by atoms with Gasteiger partial charge >= 0.3 is 0 Å². The van der Waals surface area contributed by atoms with E-state index < -0.39 is 0 Å². The Balaban J connectivity index is 2.34. The van der Waals surface area contributed by atoms with Gasteiger partial charge < -0.3 is 20.9 Å². The van der Waals surface area contributed by atoms with Crippen LogP contribution in [0.5, 0.6) is 11.5 Å². The number of benzene rings is 1. The van der Waals surface area contributed by atoms with Crippen LogP contribution < -0.4 is 15.8 Å². The van der Waals surface area contributed by atoms with Gasteiger partial charge in [0.1, 0.15) is 0 Å². The molecule has 1 rings (SSSR count). The molecule has 0 saturated heterocycles. The summed E-state index contributed by atoms with van der Waals surface area (Å²) in [6.45, 7) is 0.706. The predicted molar refractivity (Wildman–Crippen MR) is 75.4 cm³/mol. The first kappa shape index (κ1) is 15.3. The molecule has 0 aliphatic rings. The zero-order chi connectivity index (χ0) is 14.1. The average molecular weight is 266 g/mol. The van der Waals surface area contributed by atoms with Gasteiger partial charge in [-0.25, -0.2) is 0 Å². The minimum atomic E-state index is -0.0442. The van der Waals surface area contributed by atoms with E-state index in [9.17, 15) is 9.90 Å². The molecule has 0 bridgehead atoms. The zero-order valence-electron chi connectivity index (χ0n) is 11.3. The molecule has 106 valence electrons. The van der Waals surface area contributed by atoms with E-state index in [-0.39, 0.29) is 11.7 Å². The lowest BCUT2D eigenvalue weighted by atomic mass is 10.1. The second-order valence-corrected chi connectivity index (χ2v) is 4.39. The fraction of sp³-hybridized carbons (Fsp3) is 0.500. The molecule has 19 heavy (non-hydrogen) atoms. The third-order valence-electron chi connectivity index (χ3n) is 2.82. The van der Waals surface area contributed by atoms with Gasteiger partial charge in [-0.2, -0.15) is 0 Å². The summed E-state index contributed by atoms with van der Waals surface area (Å²) in [6, 6.07) is 4.79. The van der Waals surface area contributed by atoms with Crippen LogP contribution in [0.4, 0.5) is 5.69 Å². The maximum atomic E-state index is 11.7. The summed E-state index contributed by atoms with van der Waals surface area (Å²) >= 11 is 0. The third kappa shape index (κ3) is 5.61. The van der Waals surface area contributed by atoms with Crippen molar-refractivity contribution < 1.29 is 14.6 Å². The standard InChI is InChI=1S/C14H22N2O3/c1-19-13-8-7-11(10-12(13)17)16-14(18)6-4-2-3-5-9-15/h7-8,10,17H,2-6,9,15H2,1H3,(H,16,18). The van der Waals surface area contributed by atoms with Crippen LogP contribution in [0.1, 0.15) is 32.1 Å². The number of nitrogens with one attached hydrogen (secondary N) is 1. The zero-order valence-corrected chi connectivity index (χ0v) is 11.3. The molecule has 0 heterocycles. The molecule has 0 atom stereocenters. The van der Waals surface area contributed by atoms with Gasteiger partial charge in [-0.3, -0.25) is 4.79 Å². The number of methoxy groups -OCH3 is 1. The van der Waals surface area contributed by atoms with Crippen LogP contribution in [0, 0.1) is 0 Å². The Morgan fingerprint density at radius 3 is 2.68 bits per heavy atom. The molecule has 0 aromatic heterocycles. The first-order valence-electron chi connectivity index (χ1n) is 6.54. The van der Waals surface area contributed by atoms with Crippen LogP contribution in [0.3, 0.4) is 0 Å². The maximum absolute atomic E-state index is 11.7. The highest BCUT2D eigenvalue weighted by atomic mass is 16.5. The lowest BCUT2D eigenvalue weighted by molar-refractivity contribution is -0.116. The van der Waals surface area contributed by atoms with Crippen molar-refractivity contribution in [3.05, 3.63) is 18.2 Å². The molecule has 0 unspecified atom stereocenters. The van der Waals surface area contributed by atoms with E-state index in [2.05, 4.69) is 5.32 Å². The van der Waals surface area contributed by atoms with Gasteiger partial charge in [0, 0.05) is 18.2 Å². The topological polar surface area (TPSA) is 84.6 Å². The number of phenols is 1. The average Bonchev–Trinajstić information content (AvgIpc) is 2.39. The Labute approximate surface area is 113 Å². The van der Waals surface area contributed by atoms with E-state index in [4.69, 9.17) is 10.5 Å². The number of unbranched alkanes of at least 4 members (excludes halogenated alkanes) is 3. The lowest BCUT2D eigenvalue weighted by Gasteiger charge is -2.08. The van der Waals surface area contributed by atoms with Crippen LogP contribution in [-0.4, -0.2) is 24.7 Å². The number of hydrogen-bond donors (Lipinski definition) is 3. The smallest absolute Gasteiger partial charge is 0.224 e. The van der Waals surface area contributed by atoms with Crippen LogP contribution in [0.2, 0.25) is 0 Å². The van der Waals surface area contributed by atoms with Crippen molar-refractivity contribution in [3.63, 3.8) is 0 Å². The minimum Gasteiger partial charge on any atom is -0.504 e. The van der Waals surface area contributed by atoms with Crippen LogP contribution in [0.15, 0.2) is 18.2 Å². The van der Waals surface area contributed by atoms with Gasteiger partial charge in [-0.15, -0.1) is 0 Å². The fourth-order valence-electron chi connectivity index (χ4n) is 1.77. The van der Waals surface area contributed by atoms with E-state index in [1.807, 2.05) is 0 Å². The molecule has 5 nitrogen and oxygen atoms in total. The second-order valence-electron chi connectivity index (χ2n) is 4.39. The summed E-state index contributed by atoms with van der Waals surface area (Å²) in [6.07, 6.45) is 4.42. The molecule has 1 aromatic rings. The van der Waals surface area contributed by atoms with E-state index in [1.165, 1.54) is 13.2 Å². The first-order chi connectivity index (χ1) is 9.17. The summed E-state index contributed by atoms with van der Waals surface area (Å²) in [7, 11) is 1.48. The molecular formula is C14H22N2O3. The van der Waals surface area contributed by atoms with Crippen molar-refractivity contribution >= 4 is 11.6 Å². The second kappa shape index (κ2) is 8.37. The molecule has 1 aromatic carbocycles. The largest absolute Gasteiger partial charge is 0.504 e. The summed E-state index contributed by atoms with van der Waals surface area (Å²) in [5.41, 5.74) is 5.97. The number of anilines is 1. The van der Waals surface area contributed by atoms with Crippen molar-refractivity contribution in [2.75, 3.05) is 19.0 Å². The van der Waals surface area contributed by atoms with Crippen LogP contribution >= 0.6 is 0 Å². The highest BCUT2D eigenvalue weighted by Gasteiger charge is 2.05. The van der Waals surface area contributed by atoms with Gasteiger partial charge in [0.2, 0.25) is 5.91 Å². The van der Waals surface area contributed by atoms with Gasteiger partial charge in [0.05, 0.1) is 7.11 Å². The predicted octanol–water partition coefficient (Wildman–Crippen LogP) is 2.25. The quantitative estimate of drug-likeness (QED) is 0.630. The molecule has 0 aliphatic carbocycles. The lowest BCUT2D eigenvalue weighted by Crippen LogP contribution is -2.11. The Morgan fingerprint density at radius 2 is 2.05 bits per heavy atom. The SMILES string of the molecule is COc1ccc(NC(=O)CCCCCCN)cc1O. The number of carbonyl (C=O) groups is 1. The first-order valence-corrected chi connectivity index (χ1v) is 6.54. The Kier molecular flexibility index (Phi) is 6.74. The summed E-state index contributed by atoms with van der Waals surface area (Å²) in [5.74, 6) is 0.361. The van der Waals surface area contributed by atoms with Crippen LogP contribution in [-0.2, 0) is 4.79 Å². The number of hydrogen-bond acceptors (Lipinski definition) is 4. The van der Waals surface area contributed by atoms with Crippen molar-refractivity contribution in [1.29, 1.82) is 0 Å². The summed E-state index contributed by atoms with van der Waals surface area (Å²) in [5, 5.41) is 12.3. The number of ether oxygens (including phenoxy) is 1. The molecular weight excluding hydrogens is 244 g/mol. The molecule has 0 aliphatic heterocycles. The monoisotopic (exact) mass is 266 g/mol. The number of carbonyl (C=O) groups excluding carboxylic acids is 1. The molecule has 5 heteroatoms. The number of phenolic OH excluding ortho intramolecular Hbond substituents is 1. The molecule has 1 amide bonds. The number of amides is 1. The molecule has 0 radical (unpaired) electrons. The Bertz CT molecular complexity index is 408. The molecule has 0 spiro atoms. The Morgan fingerprint density at radius 1 is 1.32 bits per heavy atom. The van der Waals surface area contributed by atoms with Gasteiger partial charge in [0.25, 0.3) is 0 Å². The highest BCUT2D eigenvalue weighted by Crippen LogP contribution is 2.28. The van der Waals surface area contributed by atoms with E-state index in [0.29, 0.717) is 24.4 Å². The van der Waals surface area contributed by atoms with E-state index in [0.717, 1.165) is 25.7 Å². The maximum Gasteiger partial charge on any atom is 0.224 e. The van der Waals surface area contributed by atoms with Crippen LogP contribution in [0.25, 0.3) is 0 Å². The molecule has 4 N–H and O–H groups in total. The van der Waals surface area contributed by atoms with Crippen molar-refractivity contribution in [2.45, 2.75) is 32.1 Å². The highest BCUT2D eigenvalue weighted by molar-refractivity contribution is 5.91. The normalized spacial score (nSPS) is 10.2. The van der Waals surface area contributed by atoms with Gasteiger partial charge in [-0.05, 0) is 31.5 Å². The van der Waals surface area contributed by atoms with E-state index in [1.54, 1.807) is 12.1 Å². The number of rotatable bonds is 8. The molecule has 0 fully saturated rings. The minimum absolute atomic E-state index is 0.0169. The van der Waals surface area contributed by atoms with Crippen molar-refractivity contribution in [1.82, 2.24) is 0 Å². The Hall–Kier alpha value is -1.75. The van der Waals surface area contributed by atoms with Crippen molar-refractivity contribution in [2.24, 2.45) is 5.73 Å². The third-order valence-corrected chi connectivity index (χ3v) is 2.82.